The van der Waals surface area contributed by atoms with Crippen LogP contribution in [-0.4, -0.2) is 17.1 Å². The molecule has 0 radical (unpaired) electrons. The van der Waals surface area contributed by atoms with E-state index in [2.05, 4.69) is 0 Å². The molecule has 0 aliphatic heterocycles. The quantitative estimate of drug-likeness (QED) is 0.642. The Labute approximate surface area is 97.5 Å². The third-order valence-corrected chi connectivity index (χ3v) is 2.86. The van der Waals surface area contributed by atoms with Crippen LogP contribution in [0.15, 0.2) is 18.2 Å². The molecule has 0 saturated heterocycles. The number of benzene rings is 1. The molecule has 1 saturated carbocycles. The molecule has 17 heavy (non-hydrogen) atoms. The number of nitro benzene ring substituents is 1. The number of halogens is 1. The molecule has 0 bridgehead atoms. The first-order valence-corrected chi connectivity index (χ1v) is 5.37. The number of nitrogens with zero attached hydrogens (tertiary/aromatic N) is 1. The summed E-state index contributed by atoms with van der Waals surface area (Å²) in [5.74, 6) is -0.818. The van der Waals surface area contributed by atoms with Gasteiger partial charge in [-0.05, 0) is 12.8 Å². The summed E-state index contributed by atoms with van der Waals surface area (Å²) in [5, 5.41) is 10.5. The predicted octanol–water partition coefficient (Wildman–Crippen LogP) is 1.74. The van der Waals surface area contributed by atoms with Crippen molar-refractivity contribution in [2.24, 2.45) is 5.73 Å². The van der Waals surface area contributed by atoms with Gasteiger partial charge in [-0.15, -0.1) is 0 Å². The lowest BCUT2D eigenvalue weighted by molar-refractivity contribution is -0.387. The zero-order valence-electron chi connectivity index (χ0n) is 9.14. The first-order valence-electron chi connectivity index (χ1n) is 5.37. The fourth-order valence-electron chi connectivity index (χ4n) is 1.77. The van der Waals surface area contributed by atoms with Gasteiger partial charge in [0.1, 0.15) is 0 Å². The van der Waals surface area contributed by atoms with Crippen LogP contribution in [0, 0.1) is 15.9 Å². The van der Waals surface area contributed by atoms with Crippen molar-refractivity contribution in [3.05, 3.63) is 39.7 Å². The monoisotopic (exact) mass is 240 g/mol. The minimum absolute atomic E-state index is 0.0451. The summed E-state index contributed by atoms with van der Waals surface area (Å²) in [6, 6.07) is 4.24. The smallest absolute Gasteiger partial charge is 0.305 e. The average Bonchev–Trinajstić information content (AvgIpc) is 2.24. The predicted molar refractivity (Wildman–Crippen MR) is 58.8 cm³/mol. The topological polar surface area (TPSA) is 78.4 Å². The second-order valence-corrected chi connectivity index (χ2v) is 4.17. The molecule has 0 aromatic heterocycles. The third kappa shape index (κ3) is 2.59. The molecule has 5 nitrogen and oxygen atoms in total. The lowest BCUT2D eigenvalue weighted by Crippen LogP contribution is -2.41. The van der Waals surface area contributed by atoms with Gasteiger partial charge in [0.15, 0.2) is 0 Å². The molecular weight excluding hydrogens is 227 g/mol. The van der Waals surface area contributed by atoms with E-state index >= 15 is 0 Å². The van der Waals surface area contributed by atoms with Crippen LogP contribution in [0.4, 0.5) is 10.1 Å². The lowest BCUT2D eigenvalue weighted by atomic mass is 9.90. The van der Waals surface area contributed by atoms with Gasteiger partial charge >= 0.3 is 5.69 Å². The van der Waals surface area contributed by atoms with Gasteiger partial charge in [0.05, 0.1) is 17.6 Å². The molecule has 0 amide bonds. The molecule has 0 unspecified atom stereocenters. The minimum atomic E-state index is -0.818. The van der Waals surface area contributed by atoms with E-state index in [9.17, 15) is 14.5 Å². The van der Waals surface area contributed by atoms with Gasteiger partial charge in [0.25, 0.3) is 0 Å². The Morgan fingerprint density at radius 1 is 1.53 bits per heavy atom. The highest BCUT2D eigenvalue weighted by Gasteiger charge is 2.27. The number of nitrogens with two attached hydrogens (primary N) is 1. The van der Waals surface area contributed by atoms with Crippen molar-refractivity contribution in [2.75, 3.05) is 0 Å². The summed E-state index contributed by atoms with van der Waals surface area (Å²) in [6.07, 6.45) is 1.57. The number of rotatable bonds is 4. The Hall–Kier alpha value is -1.53. The van der Waals surface area contributed by atoms with E-state index in [-0.39, 0.29) is 24.3 Å². The fourth-order valence-corrected chi connectivity index (χ4v) is 1.77. The second-order valence-electron chi connectivity index (χ2n) is 4.17. The Kier molecular flexibility index (Phi) is 3.35. The second kappa shape index (κ2) is 4.77. The minimum Gasteiger partial charge on any atom is -0.373 e. The SMILES string of the molecule is NC1CC(OCc2cccc([N+](=O)[O-])c2F)C1. The molecule has 1 fully saturated rings. The highest BCUT2D eigenvalue weighted by atomic mass is 19.1. The van der Waals surface area contributed by atoms with E-state index in [0.29, 0.717) is 0 Å². The number of hydrogen-bond acceptors (Lipinski definition) is 4. The van der Waals surface area contributed by atoms with E-state index in [1.54, 1.807) is 0 Å². The molecule has 92 valence electrons. The Balaban J connectivity index is 2.01. The summed E-state index contributed by atoms with van der Waals surface area (Å²) in [6.45, 7) is 0.0465. The van der Waals surface area contributed by atoms with Crippen molar-refractivity contribution >= 4 is 5.69 Å². The van der Waals surface area contributed by atoms with Gasteiger partial charge in [-0.1, -0.05) is 12.1 Å². The molecule has 0 heterocycles. The van der Waals surface area contributed by atoms with Crippen LogP contribution in [0.25, 0.3) is 0 Å². The van der Waals surface area contributed by atoms with E-state index in [1.165, 1.54) is 12.1 Å². The van der Waals surface area contributed by atoms with Gasteiger partial charge in [0.2, 0.25) is 5.82 Å². The maximum Gasteiger partial charge on any atom is 0.305 e. The van der Waals surface area contributed by atoms with Crippen molar-refractivity contribution < 1.29 is 14.1 Å². The molecular formula is C11H13FN2O3. The molecule has 1 aromatic carbocycles. The average molecular weight is 240 g/mol. The zero-order chi connectivity index (χ0) is 12.4. The van der Waals surface area contributed by atoms with Gasteiger partial charge in [-0.25, -0.2) is 0 Å². The standard InChI is InChI=1S/C11H13FN2O3/c12-11-7(2-1-3-10(11)14(15)16)6-17-9-4-8(13)5-9/h1-3,8-9H,4-6,13H2. The molecule has 2 rings (SSSR count). The Morgan fingerprint density at radius 3 is 2.82 bits per heavy atom. The van der Waals surface area contributed by atoms with Crippen molar-refractivity contribution in [1.82, 2.24) is 0 Å². The van der Waals surface area contributed by atoms with E-state index in [4.69, 9.17) is 10.5 Å². The number of nitro groups is 1. The Bertz CT molecular complexity index is 433. The summed E-state index contributed by atoms with van der Waals surface area (Å²) in [7, 11) is 0. The molecule has 1 aliphatic rings. The van der Waals surface area contributed by atoms with Crippen LogP contribution in [0.5, 0.6) is 0 Å². The first-order chi connectivity index (χ1) is 8.08. The zero-order valence-corrected chi connectivity index (χ0v) is 9.14. The van der Waals surface area contributed by atoms with Crippen molar-refractivity contribution in [2.45, 2.75) is 31.6 Å². The Morgan fingerprint density at radius 2 is 2.24 bits per heavy atom. The van der Waals surface area contributed by atoms with Crippen molar-refractivity contribution in [1.29, 1.82) is 0 Å². The number of ether oxygens (including phenoxy) is 1. The van der Waals surface area contributed by atoms with Gasteiger partial charge in [-0.3, -0.25) is 10.1 Å². The summed E-state index contributed by atoms with van der Waals surface area (Å²) >= 11 is 0. The van der Waals surface area contributed by atoms with E-state index in [1.807, 2.05) is 0 Å². The molecule has 6 heteroatoms. The normalized spacial score (nSPS) is 23.2. The van der Waals surface area contributed by atoms with E-state index in [0.717, 1.165) is 18.9 Å². The summed E-state index contributed by atoms with van der Waals surface area (Å²) in [5.41, 5.74) is 5.28. The van der Waals surface area contributed by atoms with Crippen LogP contribution in [-0.2, 0) is 11.3 Å². The van der Waals surface area contributed by atoms with Crippen LogP contribution in [0.3, 0.4) is 0 Å². The van der Waals surface area contributed by atoms with Crippen molar-refractivity contribution in [3.8, 4) is 0 Å². The largest absolute Gasteiger partial charge is 0.373 e. The summed E-state index contributed by atoms with van der Waals surface area (Å²) in [4.78, 5) is 9.79. The maximum absolute atomic E-state index is 13.6. The van der Waals surface area contributed by atoms with Crippen LogP contribution in [0.2, 0.25) is 0 Å². The highest BCUT2D eigenvalue weighted by molar-refractivity contribution is 5.36. The maximum atomic E-state index is 13.6. The molecule has 1 aliphatic carbocycles. The van der Waals surface area contributed by atoms with Crippen molar-refractivity contribution in [3.63, 3.8) is 0 Å². The van der Waals surface area contributed by atoms with Gasteiger partial charge in [0, 0.05) is 17.7 Å². The molecule has 2 N–H and O–H groups in total. The molecule has 0 spiro atoms. The number of hydrogen-bond donors (Lipinski definition) is 1. The van der Waals surface area contributed by atoms with Gasteiger partial charge in [-0.2, -0.15) is 4.39 Å². The highest BCUT2D eigenvalue weighted by Crippen LogP contribution is 2.25. The third-order valence-electron chi connectivity index (χ3n) is 2.86. The van der Waals surface area contributed by atoms with Crippen LogP contribution >= 0.6 is 0 Å². The van der Waals surface area contributed by atoms with Crippen LogP contribution in [0.1, 0.15) is 18.4 Å². The van der Waals surface area contributed by atoms with Crippen LogP contribution < -0.4 is 5.73 Å². The van der Waals surface area contributed by atoms with E-state index < -0.39 is 16.4 Å². The summed E-state index contributed by atoms with van der Waals surface area (Å²) < 4.78 is 19.0. The first kappa shape index (κ1) is 11.9. The molecule has 0 atom stereocenters. The molecule has 1 aromatic rings. The fraction of sp³-hybridized carbons (Fsp3) is 0.455. The lowest BCUT2D eigenvalue weighted by Gasteiger charge is -2.32. The van der Waals surface area contributed by atoms with Gasteiger partial charge < -0.3 is 10.5 Å².